The van der Waals surface area contributed by atoms with Gasteiger partial charge < -0.3 is 0 Å². The van der Waals surface area contributed by atoms with Crippen LogP contribution in [0.3, 0.4) is 0 Å². The molecule has 3 rings (SSSR count). The van der Waals surface area contributed by atoms with Crippen molar-refractivity contribution in [1.82, 2.24) is 0 Å². The van der Waals surface area contributed by atoms with Crippen LogP contribution in [-0.2, 0) is 16.4 Å². The lowest BCUT2D eigenvalue weighted by Gasteiger charge is -2.35. The summed E-state index contributed by atoms with van der Waals surface area (Å²) in [7, 11) is -3.50. The molecule has 0 saturated carbocycles. The SMILES string of the molecule is Cc1cc(S(=O)(=O)N2c3ccccc3CCC2C)sc1Br. The highest BCUT2D eigenvalue weighted by Gasteiger charge is 2.34. The molecule has 1 unspecified atom stereocenters. The van der Waals surface area contributed by atoms with Gasteiger partial charge in [0.1, 0.15) is 4.21 Å². The first-order chi connectivity index (χ1) is 9.91. The van der Waals surface area contributed by atoms with Gasteiger partial charge in [-0.05, 0) is 65.9 Å². The van der Waals surface area contributed by atoms with Crippen LogP contribution < -0.4 is 4.31 Å². The lowest BCUT2D eigenvalue weighted by atomic mass is 9.99. The third-order valence-corrected chi connectivity index (χ3v) is 8.32. The summed E-state index contributed by atoms with van der Waals surface area (Å²) in [6.45, 7) is 3.89. The highest BCUT2D eigenvalue weighted by Crippen LogP contribution is 2.38. The van der Waals surface area contributed by atoms with Gasteiger partial charge >= 0.3 is 0 Å². The van der Waals surface area contributed by atoms with Gasteiger partial charge in [0.05, 0.1) is 9.47 Å². The molecule has 21 heavy (non-hydrogen) atoms. The zero-order chi connectivity index (χ0) is 15.2. The van der Waals surface area contributed by atoms with E-state index in [0.29, 0.717) is 4.21 Å². The van der Waals surface area contributed by atoms with Crippen molar-refractivity contribution in [2.45, 2.75) is 36.9 Å². The van der Waals surface area contributed by atoms with E-state index in [1.54, 1.807) is 10.4 Å². The quantitative estimate of drug-likeness (QED) is 0.770. The van der Waals surface area contributed by atoms with Crippen molar-refractivity contribution >= 4 is 43.0 Å². The van der Waals surface area contributed by atoms with Crippen LogP contribution in [0.15, 0.2) is 38.3 Å². The molecule has 6 heteroatoms. The number of benzene rings is 1. The molecule has 1 aromatic carbocycles. The van der Waals surface area contributed by atoms with Crippen molar-refractivity contribution in [3.8, 4) is 0 Å². The summed E-state index contributed by atoms with van der Waals surface area (Å²) in [5.74, 6) is 0. The van der Waals surface area contributed by atoms with Crippen molar-refractivity contribution in [2.75, 3.05) is 4.31 Å². The van der Waals surface area contributed by atoms with Gasteiger partial charge in [-0.2, -0.15) is 0 Å². The lowest BCUT2D eigenvalue weighted by molar-refractivity contribution is 0.565. The molecular formula is C15H16BrNO2S2. The molecule has 0 saturated heterocycles. The van der Waals surface area contributed by atoms with Gasteiger partial charge in [0, 0.05) is 6.04 Å². The summed E-state index contributed by atoms with van der Waals surface area (Å²) < 4.78 is 28.9. The Labute approximate surface area is 137 Å². The number of nitrogens with zero attached hydrogens (tertiary/aromatic N) is 1. The molecule has 1 aliphatic rings. The van der Waals surface area contributed by atoms with Gasteiger partial charge in [0.15, 0.2) is 0 Å². The molecule has 0 spiro atoms. The molecule has 112 valence electrons. The first kappa shape index (κ1) is 15.1. The fraction of sp³-hybridized carbons (Fsp3) is 0.333. The summed E-state index contributed by atoms with van der Waals surface area (Å²) in [5, 5.41) is 0. The number of sulfonamides is 1. The molecule has 0 amide bonds. The molecule has 0 bridgehead atoms. The van der Waals surface area contributed by atoms with Gasteiger partial charge in [0.25, 0.3) is 10.0 Å². The van der Waals surface area contributed by atoms with Gasteiger partial charge in [0.2, 0.25) is 0 Å². The third kappa shape index (κ3) is 2.53. The fourth-order valence-electron chi connectivity index (χ4n) is 2.68. The zero-order valence-corrected chi connectivity index (χ0v) is 15.1. The van der Waals surface area contributed by atoms with E-state index in [2.05, 4.69) is 15.9 Å². The molecule has 0 radical (unpaired) electrons. The number of thiophene rings is 1. The van der Waals surface area contributed by atoms with Crippen LogP contribution in [0.25, 0.3) is 0 Å². The molecule has 2 aromatic rings. The average molecular weight is 386 g/mol. The summed E-state index contributed by atoms with van der Waals surface area (Å²) >= 11 is 4.69. The Morgan fingerprint density at radius 3 is 2.71 bits per heavy atom. The number of anilines is 1. The van der Waals surface area contributed by atoms with Crippen LogP contribution in [0, 0.1) is 6.92 Å². The molecule has 3 nitrogen and oxygen atoms in total. The number of para-hydroxylation sites is 1. The molecular weight excluding hydrogens is 370 g/mol. The maximum atomic E-state index is 13.0. The maximum absolute atomic E-state index is 13.0. The number of fused-ring (bicyclic) bond motifs is 1. The molecule has 0 fully saturated rings. The smallest absolute Gasteiger partial charge is 0.263 e. The van der Waals surface area contributed by atoms with E-state index in [0.717, 1.165) is 33.4 Å². The monoisotopic (exact) mass is 385 g/mol. The van der Waals surface area contributed by atoms with Crippen LogP contribution >= 0.6 is 27.3 Å². The molecule has 1 aliphatic heterocycles. The van der Waals surface area contributed by atoms with E-state index in [1.165, 1.54) is 11.3 Å². The normalized spacial score (nSPS) is 18.6. The van der Waals surface area contributed by atoms with E-state index >= 15 is 0 Å². The van der Waals surface area contributed by atoms with Crippen LogP contribution in [0.4, 0.5) is 5.69 Å². The fourth-order valence-corrected chi connectivity index (χ4v) is 6.72. The zero-order valence-electron chi connectivity index (χ0n) is 11.8. The second kappa shape index (κ2) is 5.41. The summed E-state index contributed by atoms with van der Waals surface area (Å²) in [4.78, 5) is 0. The Kier molecular flexibility index (Phi) is 3.88. The van der Waals surface area contributed by atoms with Gasteiger partial charge in [-0.3, -0.25) is 4.31 Å². The molecule has 0 aliphatic carbocycles. The van der Waals surface area contributed by atoms with E-state index in [4.69, 9.17) is 0 Å². The minimum Gasteiger partial charge on any atom is -0.263 e. The molecule has 1 atom stereocenters. The molecule has 2 heterocycles. The average Bonchev–Trinajstić information content (AvgIpc) is 2.79. The highest BCUT2D eigenvalue weighted by molar-refractivity contribution is 9.11. The first-order valence-corrected chi connectivity index (χ1v) is 9.84. The topological polar surface area (TPSA) is 37.4 Å². The lowest BCUT2D eigenvalue weighted by Crippen LogP contribution is -2.41. The Hall–Kier alpha value is -0.850. The van der Waals surface area contributed by atoms with E-state index in [1.807, 2.05) is 38.1 Å². The van der Waals surface area contributed by atoms with Crippen molar-refractivity contribution < 1.29 is 8.42 Å². The summed E-state index contributed by atoms with van der Waals surface area (Å²) in [5.41, 5.74) is 2.88. The minimum atomic E-state index is -3.50. The number of rotatable bonds is 2. The highest BCUT2D eigenvalue weighted by atomic mass is 79.9. The maximum Gasteiger partial charge on any atom is 0.274 e. The van der Waals surface area contributed by atoms with E-state index < -0.39 is 10.0 Å². The summed E-state index contributed by atoms with van der Waals surface area (Å²) in [6, 6.07) is 9.50. The van der Waals surface area contributed by atoms with Crippen LogP contribution in [0.5, 0.6) is 0 Å². The van der Waals surface area contributed by atoms with E-state index in [9.17, 15) is 8.42 Å². The van der Waals surface area contributed by atoms with Crippen LogP contribution in [-0.4, -0.2) is 14.5 Å². The van der Waals surface area contributed by atoms with Crippen molar-refractivity contribution in [2.24, 2.45) is 0 Å². The van der Waals surface area contributed by atoms with Crippen molar-refractivity contribution in [3.05, 3.63) is 45.2 Å². The standard InChI is InChI=1S/C15H16BrNO2S2/c1-10-9-14(20-15(10)16)21(18,19)17-11(2)7-8-12-5-3-4-6-13(12)17/h3-6,9,11H,7-8H2,1-2H3. The Balaban J connectivity index is 2.14. The largest absolute Gasteiger partial charge is 0.274 e. The minimum absolute atomic E-state index is 0.0221. The Bertz CT molecular complexity index is 763. The van der Waals surface area contributed by atoms with Crippen molar-refractivity contribution in [3.63, 3.8) is 0 Å². The van der Waals surface area contributed by atoms with Crippen molar-refractivity contribution in [1.29, 1.82) is 0 Å². The van der Waals surface area contributed by atoms with Crippen LogP contribution in [0.1, 0.15) is 24.5 Å². The predicted octanol–water partition coefficient (Wildman–Crippen LogP) is 4.35. The number of hydrogen-bond acceptors (Lipinski definition) is 3. The van der Waals surface area contributed by atoms with Crippen LogP contribution in [0.2, 0.25) is 0 Å². The molecule has 0 N–H and O–H groups in total. The van der Waals surface area contributed by atoms with Gasteiger partial charge in [-0.25, -0.2) is 8.42 Å². The van der Waals surface area contributed by atoms with Gasteiger partial charge in [-0.1, -0.05) is 18.2 Å². The summed E-state index contributed by atoms with van der Waals surface area (Å²) in [6.07, 6.45) is 1.78. The van der Waals surface area contributed by atoms with E-state index in [-0.39, 0.29) is 6.04 Å². The third-order valence-electron chi connectivity index (χ3n) is 3.81. The second-order valence-corrected chi connectivity index (χ2v) is 9.75. The first-order valence-electron chi connectivity index (χ1n) is 6.79. The Morgan fingerprint density at radius 2 is 2.05 bits per heavy atom. The Morgan fingerprint density at radius 1 is 1.33 bits per heavy atom. The number of aryl methyl sites for hydroxylation is 2. The number of hydrogen-bond donors (Lipinski definition) is 0. The predicted molar refractivity (Wildman–Crippen MR) is 90.6 cm³/mol. The number of halogens is 1. The molecule has 1 aromatic heterocycles. The second-order valence-electron chi connectivity index (χ2n) is 5.34. The van der Waals surface area contributed by atoms with Gasteiger partial charge in [-0.15, -0.1) is 11.3 Å².